The van der Waals surface area contributed by atoms with Crippen molar-refractivity contribution in [1.29, 1.82) is 0 Å². The molecule has 1 atom stereocenters. The van der Waals surface area contributed by atoms with E-state index in [1.165, 1.54) is 38.0 Å². The zero-order valence-electron chi connectivity index (χ0n) is 56.3. The Morgan fingerprint density at radius 1 is 0.394 bits per heavy atom. The number of rotatable bonds is 3. The standard InChI is InChI=1S/C21H13N4.2C16H9N4.3C10H10N2.3Ir/c1-24-18-7-3-2-5-13(18)16-11-17-15(12-19(16)24)14-6-4-8-22-20(14)25-10-9-23-21(17)25;1-2-6-12-10(4-1)13-14(19-12)11-5-3-7-17-15(11)20-9-8-18-16(13)20;1-2-5-12-11(4-1)10-20-13-6-3-7-17-15(13)19-9-8-18-16(19)14(12)20;3*1-11-7-8-12(9-11)10-5-3-2-4-6-10;;;/h2-9,11-12H,1H3;2*1-8,10H;3*2-5,7-9H,1H3;;;/q3*-1;3*-2;3*+3. The molecule has 0 bridgehead atoms. The first-order valence-electron chi connectivity index (χ1n) is 32.8. The summed E-state index contributed by atoms with van der Waals surface area (Å²) in [5.41, 5.74) is 16.3. The number of aliphatic imine (C=N–C) groups is 1. The Morgan fingerprint density at radius 3 is 1.48 bits per heavy atom. The molecule has 11 aromatic heterocycles. The first-order valence-corrected chi connectivity index (χ1v) is 32.8. The first kappa shape index (κ1) is 69.7. The van der Waals surface area contributed by atoms with Crippen LogP contribution in [0.15, 0.2) is 280 Å². The molecule has 0 radical (unpaired) electrons. The molecule has 0 spiro atoms. The van der Waals surface area contributed by atoms with Gasteiger partial charge in [0.05, 0.1) is 22.7 Å². The van der Waals surface area contributed by atoms with Gasteiger partial charge in [0, 0.05) is 93.2 Å². The van der Waals surface area contributed by atoms with Gasteiger partial charge in [0.2, 0.25) is 0 Å². The third kappa shape index (κ3) is 13.1. The van der Waals surface area contributed by atoms with Crippen LogP contribution in [0.2, 0.25) is 0 Å². The van der Waals surface area contributed by atoms with Crippen LogP contribution in [0.25, 0.3) is 99.0 Å². The number of para-hydroxylation sites is 4. The van der Waals surface area contributed by atoms with Crippen molar-refractivity contribution in [3.8, 4) is 0 Å². The van der Waals surface area contributed by atoms with Crippen LogP contribution in [0.1, 0.15) is 11.5 Å². The van der Waals surface area contributed by atoms with Gasteiger partial charge in [-0.15, -0.1) is 17.1 Å². The molecule has 1 aliphatic carbocycles. The van der Waals surface area contributed by atoms with E-state index in [0.717, 1.165) is 95.1 Å². The number of aromatic nitrogens is 11. The molecule has 6 aromatic carbocycles. The number of fused-ring (bicyclic) bond motifs is 25. The molecular formula is C83H61Ir3N18. The normalized spacial score (nSPS) is 14.4. The van der Waals surface area contributed by atoms with Gasteiger partial charge >= 0.3 is 60.3 Å². The molecule has 15 heterocycles. The first-order chi connectivity index (χ1) is 49.8. The third-order valence-corrected chi connectivity index (χ3v) is 18.0. The summed E-state index contributed by atoms with van der Waals surface area (Å²) in [4.78, 5) is 43.9. The number of aryl methyl sites for hydroxylation is 1. The Morgan fingerprint density at radius 2 is 0.885 bits per heavy atom. The number of allylic oxidation sites excluding steroid dienone is 4. The van der Waals surface area contributed by atoms with E-state index in [1.54, 1.807) is 31.0 Å². The largest absolute Gasteiger partial charge is 3.00 e. The molecule has 510 valence electrons. The fourth-order valence-electron chi connectivity index (χ4n) is 13.4. The van der Waals surface area contributed by atoms with Crippen LogP contribution in [0, 0.1) is 56.8 Å². The van der Waals surface area contributed by atoms with Crippen molar-refractivity contribution in [3.05, 3.63) is 337 Å². The quantitative estimate of drug-likeness (QED) is 0.123. The fourth-order valence-corrected chi connectivity index (χ4v) is 13.4. The summed E-state index contributed by atoms with van der Waals surface area (Å²) in [6.45, 7) is 6.02. The number of hydrogen-bond donors (Lipinski definition) is 0. The van der Waals surface area contributed by atoms with Gasteiger partial charge in [-0.2, -0.15) is 111 Å². The second kappa shape index (κ2) is 30.3. The van der Waals surface area contributed by atoms with Crippen LogP contribution < -0.4 is 14.7 Å². The molecule has 22 rings (SSSR count). The molecule has 104 heavy (non-hydrogen) atoms. The SMILES string of the molecule is CN1C=CN(c2[c-]cccc2)[CH-]1.CN1C=CN(c2[c-]cccc2)[CH-]1.CN1C=CN(c2[c-]cccc2)[CH-]1.Cn1c2ccccc2c2cc3c(cc21)c1cccnc1n1[c-]cnc31.[Ir+3].[Ir+3].[Ir+3].[c-]1cnc2c3c(c4cccnc4n12)N=C1C=CC=CC13.[c-]1cnc2c3c4ccccc4cn3c3cccnc3n12. The Hall–Kier alpha value is -11.4. The summed E-state index contributed by atoms with van der Waals surface area (Å²) in [6, 6.07) is 66.7. The molecule has 17 aromatic rings. The monoisotopic (exact) mass is 1890 g/mol. The zero-order chi connectivity index (χ0) is 67.9. The minimum atomic E-state index is 0. The van der Waals surface area contributed by atoms with Gasteiger partial charge in [-0.25, -0.2) is 0 Å². The molecule has 21 heteroatoms. The summed E-state index contributed by atoms with van der Waals surface area (Å²) in [5, 5.41) is 9.38. The van der Waals surface area contributed by atoms with Gasteiger partial charge in [-0.1, -0.05) is 97.5 Å². The van der Waals surface area contributed by atoms with Crippen LogP contribution >= 0.6 is 0 Å². The van der Waals surface area contributed by atoms with Crippen molar-refractivity contribution >= 4 is 128 Å². The van der Waals surface area contributed by atoms with Crippen molar-refractivity contribution in [3.63, 3.8) is 0 Å². The Bertz CT molecular complexity index is 6010. The third-order valence-electron chi connectivity index (χ3n) is 18.0. The predicted molar refractivity (Wildman–Crippen MR) is 403 cm³/mol. The number of hydrogen-bond acceptors (Lipinski definition) is 13. The van der Waals surface area contributed by atoms with Gasteiger partial charge in [0.1, 0.15) is 0 Å². The van der Waals surface area contributed by atoms with Crippen LogP contribution in [-0.2, 0) is 67.4 Å². The summed E-state index contributed by atoms with van der Waals surface area (Å²) in [6.07, 6.45) is 42.5. The number of anilines is 3. The molecule has 0 saturated heterocycles. The van der Waals surface area contributed by atoms with Gasteiger partial charge in [0.15, 0.2) is 0 Å². The van der Waals surface area contributed by atoms with Gasteiger partial charge in [-0.3, -0.25) is 4.99 Å². The van der Waals surface area contributed by atoms with E-state index in [2.05, 4.69) is 186 Å². The molecule has 5 aliphatic rings. The van der Waals surface area contributed by atoms with Crippen LogP contribution in [0.5, 0.6) is 0 Å². The number of benzene rings is 6. The molecule has 18 nitrogen and oxygen atoms in total. The van der Waals surface area contributed by atoms with Crippen LogP contribution in [0.3, 0.4) is 0 Å². The van der Waals surface area contributed by atoms with Crippen molar-refractivity contribution in [2.24, 2.45) is 12.0 Å². The predicted octanol–water partition coefficient (Wildman–Crippen LogP) is 16.0. The molecule has 4 aliphatic heterocycles. The van der Waals surface area contributed by atoms with Gasteiger partial charge < -0.3 is 81.5 Å². The van der Waals surface area contributed by atoms with E-state index in [1.807, 2.05) is 224 Å². The maximum Gasteiger partial charge on any atom is 3.00 e. The van der Waals surface area contributed by atoms with Crippen molar-refractivity contribution in [1.82, 2.24) is 66.8 Å². The van der Waals surface area contributed by atoms with E-state index < -0.39 is 0 Å². The molecule has 0 N–H and O–H groups in total. The average Bonchev–Trinajstić information content (AvgIpc) is 1.55. The molecule has 0 fully saturated rings. The van der Waals surface area contributed by atoms with Crippen LogP contribution in [0.4, 0.5) is 22.7 Å². The van der Waals surface area contributed by atoms with Gasteiger partial charge in [0.25, 0.3) is 0 Å². The maximum atomic E-state index is 4.80. The van der Waals surface area contributed by atoms with Gasteiger partial charge in [-0.05, 0) is 157 Å². The molecule has 0 amide bonds. The summed E-state index contributed by atoms with van der Waals surface area (Å²) in [5.74, 6) is 0.193. The fraction of sp³-hybridized carbons (Fsp3) is 0.0602. The van der Waals surface area contributed by atoms with Crippen molar-refractivity contribution < 1.29 is 60.3 Å². The molecule has 0 saturated carbocycles. The topological polar surface area (TPSA) is 132 Å². The van der Waals surface area contributed by atoms with Crippen molar-refractivity contribution in [2.45, 2.75) is 5.92 Å². The Balaban J connectivity index is 0.000000107. The second-order valence-corrected chi connectivity index (χ2v) is 24.4. The average molecular weight is 1890 g/mol. The van der Waals surface area contributed by atoms with Crippen LogP contribution in [-0.4, -0.2) is 93.6 Å². The minimum Gasteiger partial charge on any atom is -0.510 e. The Labute approximate surface area is 640 Å². The summed E-state index contributed by atoms with van der Waals surface area (Å²) < 4.78 is 10.2. The van der Waals surface area contributed by atoms with E-state index in [0.29, 0.717) is 0 Å². The molecular weight excluding hydrogens is 1830 g/mol. The van der Waals surface area contributed by atoms with E-state index in [4.69, 9.17) is 4.99 Å². The summed E-state index contributed by atoms with van der Waals surface area (Å²) >= 11 is 0. The minimum absolute atomic E-state index is 0. The zero-order valence-corrected chi connectivity index (χ0v) is 63.5. The van der Waals surface area contributed by atoms with Crippen molar-refractivity contribution in [2.75, 3.05) is 35.8 Å². The number of nitrogens with zero attached hydrogens (tertiary/aromatic N) is 18. The number of imidazole rings is 3. The second-order valence-electron chi connectivity index (χ2n) is 24.4. The summed E-state index contributed by atoms with van der Waals surface area (Å²) in [7, 11) is 8.12. The smallest absolute Gasteiger partial charge is 0.510 e. The Kier molecular flexibility index (Phi) is 20.3. The maximum absolute atomic E-state index is 4.80. The van der Waals surface area contributed by atoms with E-state index in [9.17, 15) is 0 Å². The molecule has 1 unspecified atom stereocenters. The van der Waals surface area contributed by atoms with E-state index >= 15 is 0 Å². The number of pyridine rings is 5. The van der Waals surface area contributed by atoms with E-state index in [-0.39, 0.29) is 66.2 Å².